The standard InChI is InChI=1S/C34H42N6O/c1-26-9-10-28-23-29(32-11-12-35-34(37-32)36-25-27-7-5-8-30(22-27)41-2)24-33(31(28)21-26)40-19-17-39(18-20-40)16-6-15-38-13-3-4-14-38/h5,7-12,21-24H,3-4,6,13-20,25H2,1-2H3,(H,35,36,37). The van der Waals surface area contributed by atoms with Gasteiger partial charge in [0, 0.05) is 55.6 Å². The molecule has 3 aromatic carbocycles. The van der Waals surface area contributed by atoms with Gasteiger partial charge in [-0.05, 0) is 99.7 Å². The molecule has 2 saturated heterocycles. The maximum absolute atomic E-state index is 5.36. The van der Waals surface area contributed by atoms with Gasteiger partial charge in [-0.25, -0.2) is 9.97 Å². The van der Waals surface area contributed by atoms with Gasteiger partial charge in [0.2, 0.25) is 5.95 Å². The summed E-state index contributed by atoms with van der Waals surface area (Å²) < 4.78 is 5.36. The first-order valence-electron chi connectivity index (χ1n) is 15.1. The van der Waals surface area contributed by atoms with Crippen molar-refractivity contribution in [3.8, 4) is 17.0 Å². The largest absolute Gasteiger partial charge is 0.497 e. The number of nitrogens with one attached hydrogen (secondary N) is 1. The van der Waals surface area contributed by atoms with Crippen LogP contribution in [0.5, 0.6) is 5.75 Å². The first-order valence-corrected chi connectivity index (χ1v) is 15.1. The molecule has 3 heterocycles. The second-order valence-electron chi connectivity index (χ2n) is 11.4. The summed E-state index contributed by atoms with van der Waals surface area (Å²) in [6.07, 6.45) is 5.87. The predicted molar refractivity (Wildman–Crippen MR) is 169 cm³/mol. The molecular weight excluding hydrogens is 508 g/mol. The van der Waals surface area contributed by atoms with E-state index in [2.05, 4.69) is 68.3 Å². The summed E-state index contributed by atoms with van der Waals surface area (Å²) in [5, 5.41) is 5.96. The van der Waals surface area contributed by atoms with Gasteiger partial charge in [0.05, 0.1) is 12.8 Å². The summed E-state index contributed by atoms with van der Waals surface area (Å²) in [6.45, 7) is 12.2. The number of aromatic nitrogens is 2. The second kappa shape index (κ2) is 12.9. The fourth-order valence-electron chi connectivity index (χ4n) is 6.17. The average molecular weight is 551 g/mol. The van der Waals surface area contributed by atoms with Gasteiger partial charge >= 0.3 is 0 Å². The van der Waals surface area contributed by atoms with Crippen LogP contribution in [0.2, 0.25) is 0 Å². The minimum absolute atomic E-state index is 0.624. The monoisotopic (exact) mass is 550 g/mol. The predicted octanol–water partition coefficient (Wildman–Crippen LogP) is 5.83. The van der Waals surface area contributed by atoms with Crippen LogP contribution in [-0.2, 0) is 6.54 Å². The van der Waals surface area contributed by atoms with Crippen LogP contribution in [0.3, 0.4) is 0 Å². The van der Waals surface area contributed by atoms with Gasteiger partial charge in [-0.15, -0.1) is 0 Å². The van der Waals surface area contributed by atoms with E-state index in [1.165, 1.54) is 67.5 Å². The molecule has 4 aromatic rings. The van der Waals surface area contributed by atoms with Gasteiger partial charge in [-0.3, -0.25) is 4.90 Å². The van der Waals surface area contributed by atoms with Crippen LogP contribution in [0.1, 0.15) is 30.4 Å². The third-order valence-electron chi connectivity index (χ3n) is 8.48. The Morgan fingerprint density at radius 2 is 1.66 bits per heavy atom. The highest BCUT2D eigenvalue weighted by Gasteiger charge is 2.20. The van der Waals surface area contributed by atoms with E-state index in [0.29, 0.717) is 12.5 Å². The molecule has 2 fully saturated rings. The highest BCUT2D eigenvalue weighted by molar-refractivity contribution is 5.98. The molecule has 0 amide bonds. The summed E-state index contributed by atoms with van der Waals surface area (Å²) in [5.41, 5.74) is 5.77. The molecule has 0 aliphatic carbocycles. The van der Waals surface area contributed by atoms with E-state index in [1.807, 2.05) is 30.5 Å². The summed E-state index contributed by atoms with van der Waals surface area (Å²) in [6, 6.07) is 21.4. The van der Waals surface area contributed by atoms with E-state index >= 15 is 0 Å². The zero-order valence-electron chi connectivity index (χ0n) is 24.5. The number of nitrogens with zero attached hydrogens (tertiary/aromatic N) is 5. The minimum Gasteiger partial charge on any atom is -0.497 e. The van der Waals surface area contributed by atoms with Gasteiger partial charge in [-0.2, -0.15) is 0 Å². The summed E-state index contributed by atoms with van der Waals surface area (Å²) in [5.74, 6) is 1.47. The Bertz CT molecular complexity index is 1460. The van der Waals surface area contributed by atoms with Crippen LogP contribution in [-0.4, -0.2) is 79.2 Å². The summed E-state index contributed by atoms with van der Waals surface area (Å²) in [7, 11) is 1.69. The van der Waals surface area contributed by atoms with E-state index in [4.69, 9.17) is 9.72 Å². The lowest BCUT2D eigenvalue weighted by Crippen LogP contribution is -2.47. The van der Waals surface area contributed by atoms with Gasteiger partial charge in [0.25, 0.3) is 0 Å². The molecule has 7 heteroatoms. The zero-order valence-corrected chi connectivity index (χ0v) is 24.5. The Morgan fingerprint density at radius 3 is 2.46 bits per heavy atom. The number of ether oxygens (including phenoxy) is 1. The molecule has 214 valence electrons. The fraction of sp³-hybridized carbons (Fsp3) is 0.412. The molecule has 1 aromatic heterocycles. The molecule has 0 saturated carbocycles. The molecule has 0 unspecified atom stereocenters. The molecule has 0 radical (unpaired) electrons. The van der Waals surface area contributed by atoms with Crippen LogP contribution in [0.4, 0.5) is 11.6 Å². The van der Waals surface area contributed by atoms with Crippen LogP contribution in [0.15, 0.2) is 66.9 Å². The van der Waals surface area contributed by atoms with E-state index < -0.39 is 0 Å². The summed E-state index contributed by atoms with van der Waals surface area (Å²) >= 11 is 0. The average Bonchev–Trinajstić information content (AvgIpc) is 3.54. The number of piperazine rings is 1. The number of anilines is 2. The van der Waals surface area contributed by atoms with Crippen molar-refractivity contribution in [1.29, 1.82) is 0 Å². The molecule has 0 atom stereocenters. The molecule has 2 aliphatic rings. The normalized spacial score (nSPS) is 16.4. The molecule has 7 nitrogen and oxygen atoms in total. The first kappa shape index (κ1) is 27.5. The number of benzene rings is 3. The lowest BCUT2D eigenvalue weighted by Gasteiger charge is -2.37. The number of likely N-dealkylation sites (tertiary alicyclic amines) is 1. The molecule has 0 spiro atoms. The van der Waals surface area contributed by atoms with Crippen LogP contribution in [0.25, 0.3) is 22.0 Å². The zero-order chi connectivity index (χ0) is 28.0. The van der Waals surface area contributed by atoms with Crippen molar-refractivity contribution in [1.82, 2.24) is 19.8 Å². The van der Waals surface area contributed by atoms with Crippen molar-refractivity contribution >= 4 is 22.4 Å². The highest BCUT2D eigenvalue weighted by Crippen LogP contribution is 2.34. The van der Waals surface area contributed by atoms with Crippen LogP contribution >= 0.6 is 0 Å². The van der Waals surface area contributed by atoms with Gasteiger partial charge in [-0.1, -0.05) is 29.8 Å². The lowest BCUT2D eigenvalue weighted by atomic mass is 10.00. The second-order valence-corrected chi connectivity index (χ2v) is 11.4. The van der Waals surface area contributed by atoms with Gasteiger partial charge < -0.3 is 19.9 Å². The number of fused-ring (bicyclic) bond motifs is 1. The molecule has 1 N–H and O–H groups in total. The number of methoxy groups -OCH3 is 1. The Labute approximate surface area is 244 Å². The maximum atomic E-state index is 5.36. The van der Waals surface area contributed by atoms with E-state index in [-0.39, 0.29) is 0 Å². The maximum Gasteiger partial charge on any atom is 0.223 e. The molecule has 41 heavy (non-hydrogen) atoms. The van der Waals surface area contributed by atoms with Crippen molar-refractivity contribution in [3.63, 3.8) is 0 Å². The minimum atomic E-state index is 0.624. The molecule has 0 bridgehead atoms. The third-order valence-corrected chi connectivity index (χ3v) is 8.48. The summed E-state index contributed by atoms with van der Waals surface area (Å²) in [4.78, 5) is 17.2. The van der Waals surface area contributed by atoms with Crippen molar-refractivity contribution < 1.29 is 4.74 Å². The topological polar surface area (TPSA) is 56.8 Å². The van der Waals surface area contributed by atoms with Crippen LogP contribution < -0.4 is 15.0 Å². The lowest BCUT2D eigenvalue weighted by molar-refractivity contribution is 0.234. The molecule has 2 aliphatic heterocycles. The van der Waals surface area contributed by atoms with E-state index in [9.17, 15) is 0 Å². The first-order chi connectivity index (χ1) is 20.1. The number of aryl methyl sites for hydroxylation is 1. The van der Waals surface area contributed by atoms with Gasteiger partial charge in [0.1, 0.15) is 5.75 Å². The Hall–Kier alpha value is -3.68. The Kier molecular flexibility index (Phi) is 8.63. The molecular formula is C34H42N6O. The number of rotatable bonds is 10. The van der Waals surface area contributed by atoms with Crippen molar-refractivity contribution in [2.24, 2.45) is 0 Å². The fourth-order valence-corrected chi connectivity index (χ4v) is 6.17. The smallest absolute Gasteiger partial charge is 0.223 e. The SMILES string of the molecule is COc1cccc(CNc2nccc(-c3cc(N4CCN(CCCN5CCCC5)CC4)c4cc(C)ccc4c3)n2)c1. The van der Waals surface area contributed by atoms with E-state index in [1.54, 1.807) is 7.11 Å². The quantitative estimate of drug-likeness (QED) is 0.266. The Morgan fingerprint density at radius 1 is 0.854 bits per heavy atom. The van der Waals surface area contributed by atoms with Crippen molar-refractivity contribution in [2.75, 3.05) is 69.7 Å². The van der Waals surface area contributed by atoms with Crippen molar-refractivity contribution in [2.45, 2.75) is 32.7 Å². The van der Waals surface area contributed by atoms with Crippen LogP contribution in [0, 0.1) is 6.92 Å². The van der Waals surface area contributed by atoms with Gasteiger partial charge in [0.15, 0.2) is 0 Å². The molecule has 6 rings (SSSR count). The number of hydrogen-bond acceptors (Lipinski definition) is 7. The Balaban J connectivity index is 1.18. The number of hydrogen-bond donors (Lipinski definition) is 1. The van der Waals surface area contributed by atoms with Crippen molar-refractivity contribution in [3.05, 3.63) is 78.0 Å². The van der Waals surface area contributed by atoms with E-state index in [0.717, 1.165) is 48.7 Å². The highest BCUT2D eigenvalue weighted by atomic mass is 16.5. The third kappa shape index (κ3) is 6.80.